The highest BCUT2D eigenvalue weighted by atomic mass is 19.4. The Bertz CT molecular complexity index is 188. The molecule has 1 rings (SSSR count). The maximum Gasteiger partial charge on any atom is 0.393 e. The smallest absolute Gasteiger partial charge is 0.298 e. The highest BCUT2D eigenvalue weighted by molar-refractivity contribution is 4.86. The van der Waals surface area contributed by atoms with Gasteiger partial charge in [0.05, 0.1) is 5.92 Å². The van der Waals surface area contributed by atoms with Gasteiger partial charge < -0.3 is 0 Å². The van der Waals surface area contributed by atoms with Crippen LogP contribution in [0.2, 0.25) is 0 Å². The fourth-order valence-corrected chi connectivity index (χ4v) is 2.34. The highest BCUT2D eigenvalue weighted by Crippen LogP contribution is 2.37. The maximum absolute atomic E-state index is 12.6. The molecule has 0 bridgehead atoms. The summed E-state index contributed by atoms with van der Waals surface area (Å²) in [5.74, 6) is -1.14. The van der Waals surface area contributed by atoms with Crippen molar-refractivity contribution in [2.75, 3.05) is 6.54 Å². The molecule has 4 heteroatoms. The molecule has 0 N–H and O–H groups in total. The molecule has 0 aromatic heterocycles. The first-order valence-electron chi connectivity index (χ1n) is 5.16. The molecule has 0 aromatic carbocycles. The topological polar surface area (TPSA) is 3.24 Å². The summed E-state index contributed by atoms with van der Waals surface area (Å²) in [5, 5.41) is 0. The molecule has 1 aliphatic heterocycles. The average molecular weight is 209 g/mol. The van der Waals surface area contributed by atoms with Gasteiger partial charge in [0.15, 0.2) is 0 Å². The largest absolute Gasteiger partial charge is 0.393 e. The van der Waals surface area contributed by atoms with E-state index in [1.54, 1.807) is 6.92 Å². The molecule has 0 aromatic rings. The first-order valence-corrected chi connectivity index (χ1v) is 5.16. The number of hydrogen-bond acceptors (Lipinski definition) is 1. The van der Waals surface area contributed by atoms with Gasteiger partial charge in [0.25, 0.3) is 0 Å². The van der Waals surface area contributed by atoms with Gasteiger partial charge in [0.2, 0.25) is 0 Å². The second-order valence-corrected chi connectivity index (χ2v) is 4.36. The molecule has 1 aliphatic rings. The number of piperidine rings is 1. The maximum atomic E-state index is 12.6. The normalized spacial score (nSPS) is 31.1. The first kappa shape index (κ1) is 11.8. The summed E-state index contributed by atoms with van der Waals surface area (Å²) in [4.78, 5) is 1.95. The van der Waals surface area contributed by atoms with E-state index in [9.17, 15) is 13.2 Å². The molecule has 1 heterocycles. The molecular weight excluding hydrogens is 191 g/mol. The molecule has 1 fully saturated rings. The van der Waals surface area contributed by atoms with E-state index < -0.39 is 12.1 Å². The summed E-state index contributed by atoms with van der Waals surface area (Å²) in [6.45, 7) is 6.40. The monoisotopic (exact) mass is 209 g/mol. The Morgan fingerprint density at radius 3 is 2.29 bits per heavy atom. The van der Waals surface area contributed by atoms with Gasteiger partial charge in [-0.05, 0) is 40.2 Å². The quantitative estimate of drug-likeness (QED) is 0.641. The van der Waals surface area contributed by atoms with Gasteiger partial charge in [-0.25, -0.2) is 0 Å². The van der Waals surface area contributed by atoms with Crippen molar-refractivity contribution in [2.45, 2.75) is 51.9 Å². The van der Waals surface area contributed by atoms with Crippen LogP contribution in [0, 0.1) is 5.92 Å². The summed E-state index contributed by atoms with van der Waals surface area (Å²) >= 11 is 0. The zero-order valence-corrected chi connectivity index (χ0v) is 8.93. The Morgan fingerprint density at radius 2 is 1.86 bits per heavy atom. The van der Waals surface area contributed by atoms with E-state index >= 15 is 0 Å². The SMILES string of the molecule is CC(C)N1CCCC(C(F)(F)F)C1C. The summed E-state index contributed by atoms with van der Waals surface area (Å²) in [5.41, 5.74) is 0. The minimum absolute atomic E-state index is 0.204. The molecule has 0 saturated carbocycles. The van der Waals surface area contributed by atoms with E-state index in [0.717, 1.165) is 6.54 Å². The van der Waals surface area contributed by atoms with Gasteiger partial charge in [0, 0.05) is 12.1 Å². The molecule has 0 radical (unpaired) electrons. The van der Waals surface area contributed by atoms with Gasteiger partial charge in [0.1, 0.15) is 0 Å². The second-order valence-electron chi connectivity index (χ2n) is 4.36. The standard InChI is InChI=1S/C10H18F3N/c1-7(2)14-6-4-5-9(8(14)3)10(11,12)13/h7-9H,4-6H2,1-3H3. The first-order chi connectivity index (χ1) is 6.34. The molecule has 14 heavy (non-hydrogen) atoms. The Kier molecular flexibility index (Phi) is 3.45. The van der Waals surface area contributed by atoms with Crippen LogP contribution in [0.25, 0.3) is 0 Å². The van der Waals surface area contributed by atoms with Crippen LogP contribution in [0.5, 0.6) is 0 Å². The summed E-state index contributed by atoms with van der Waals surface area (Å²) in [6.07, 6.45) is -3.09. The molecule has 0 aliphatic carbocycles. The molecule has 84 valence electrons. The van der Waals surface area contributed by atoms with Crippen molar-refractivity contribution in [1.29, 1.82) is 0 Å². The van der Waals surface area contributed by atoms with Gasteiger partial charge >= 0.3 is 6.18 Å². The van der Waals surface area contributed by atoms with Crippen molar-refractivity contribution < 1.29 is 13.2 Å². The molecule has 1 nitrogen and oxygen atoms in total. The van der Waals surface area contributed by atoms with E-state index in [4.69, 9.17) is 0 Å². The van der Waals surface area contributed by atoms with Gasteiger partial charge in [-0.2, -0.15) is 13.2 Å². The summed E-state index contributed by atoms with van der Waals surface area (Å²) < 4.78 is 37.8. The van der Waals surface area contributed by atoms with Crippen molar-refractivity contribution in [1.82, 2.24) is 4.90 Å². The molecule has 1 saturated heterocycles. The lowest BCUT2D eigenvalue weighted by atomic mass is 9.89. The number of likely N-dealkylation sites (tertiary alicyclic amines) is 1. The van der Waals surface area contributed by atoms with E-state index in [1.807, 2.05) is 18.7 Å². The van der Waals surface area contributed by atoms with Crippen molar-refractivity contribution in [2.24, 2.45) is 5.92 Å². The van der Waals surface area contributed by atoms with Crippen LogP contribution in [-0.4, -0.2) is 29.7 Å². The van der Waals surface area contributed by atoms with Crippen LogP contribution in [0.15, 0.2) is 0 Å². The minimum atomic E-state index is -4.03. The number of hydrogen-bond donors (Lipinski definition) is 0. The number of halogens is 3. The fourth-order valence-electron chi connectivity index (χ4n) is 2.34. The van der Waals surface area contributed by atoms with Crippen molar-refractivity contribution in [3.63, 3.8) is 0 Å². The van der Waals surface area contributed by atoms with Crippen LogP contribution in [0.3, 0.4) is 0 Å². The lowest BCUT2D eigenvalue weighted by Gasteiger charge is -2.42. The third kappa shape index (κ3) is 2.41. The highest BCUT2D eigenvalue weighted by Gasteiger charge is 2.46. The Labute approximate surface area is 83.3 Å². The Morgan fingerprint density at radius 1 is 1.29 bits per heavy atom. The lowest BCUT2D eigenvalue weighted by Crippen LogP contribution is -2.51. The van der Waals surface area contributed by atoms with Crippen LogP contribution in [0.4, 0.5) is 13.2 Å². The number of alkyl halides is 3. The van der Waals surface area contributed by atoms with E-state index in [0.29, 0.717) is 6.42 Å². The van der Waals surface area contributed by atoms with Crippen LogP contribution in [-0.2, 0) is 0 Å². The van der Waals surface area contributed by atoms with Crippen molar-refractivity contribution >= 4 is 0 Å². The number of nitrogens with zero attached hydrogens (tertiary/aromatic N) is 1. The van der Waals surface area contributed by atoms with Crippen molar-refractivity contribution in [3.8, 4) is 0 Å². The molecular formula is C10H18F3N. The van der Waals surface area contributed by atoms with Gasteiger partial charge in [-0.1, -0.05) is 0 Å². The van der Waals surface area contributed by atoms with Crippen LogP contribution < -0.4 is 0 Å². The molecule has 0 amide bonds. The predicted octanol–water partition coefficient (Wildman–Crippen LogP) is 3.06. The lowest BCUT2D eigenvalue weighted by molar-refractivity contribution is -0.201. The number of rotatable bonds is 1. The third-order valence-electron chi connectivity index (χ3n) is 3.12. The Balaban J connectivity index is 2.71. The zero-order valence-electron chi connectivity index (χ0n) is 8.93. The zero-order chi connectivity index (χ0) is 10.9. The van der Waals surface area contributed by atoms with Crippen LogP contribution >= 0.6 is 0 Å². The van der Waals surface area contributed by atoms with Gasteiger partial charge in [-0.15, -0.1) is 0 Å². The van der Waals surface area contributed by atoms with E-state index in [1.165, 1.54) is 0 Å². The Hall–Kier alpha value is -0.250. The predicted molar refractivity (Wildman–Crippen MR) is 50.1 cm³/mol. The second kappa shape index (κ2) is 4.09. The average Bonchev–Trinajstić information content (AvgIpc) is 2.01. The fraction of sp³-hybridized carbons (Fsp3) is 1.00. The molecule has 0 spiro atoms. The molecule has 2 atom stereocenters. The van der Waals surface area contributed by atoms with Crippen molar-refractivity contribution in [3.05, 3.63) is 0 Å². The van der Waals surface area contributed by atoms with E-state index in [-0.39, 0.29) is 18.5 Å². The minimum Gasteiger partial charge on any atom is -0.298 e. The summed E-state index contributed by atoms with van der Waals surface area (Å²) in [6, 6.07) is -0.168. The third-order valence-corrected chi connectivity index (χ3v) is 3.12. The molecule has 2 unspecified atom stereocenters. The summed E-state index contributed by atoms with van der Waals surface area (Å²) in [7, 11) is 0. The van der Waals surface area contributed by atoms with Gasteiger partial charge in [-0.3, -0.25) is 4.90 Å². The van der Waals surface area contributed by atoms with E-state index in [2.05, 4.69) is 0 Å². The van der Waals surface area contributed by atoms with Crippen LogP contribution in [0.1, 0.15) is 33.6 Å².